The number of benzene rings is 1. The number of aromatic nitrogens is 1. The van der Waals surface area contributed by atoms with Crippen molar-refractivity contribution in [2.45, 2.75) is 26.7 Å². The Morgan fingerprint density at radius 3 is 3.00 bits per heavy atom. The molecule has 3 rings (SSSR count). The van der Waals surface area contributed by atoms with E-state index in [2.05, 4.69) is 11.9 Å². The number of halogens is 1. The molecule has 1 atom stereocenters. The van der Waals surface area contributed by atoms with E-state index in [1.165, 1.54) is 6.42 Å². The fourth-order valence-corrected chi connectivity index (χ4v) is 3.23. The molecule has 1 amide bonds. The molecule has 4 heteroatoms. The van der Waals surface area contributed by atoms with Crippen molar-refractivity contribution in [1.82, 2.24) is 9.88 Å². The molecule has 0 saturated carbocycles. The highest BCUT2D eigenvalue weighted by atomic mass is 35.5. The van der Waals surface area contributed by atoms with Crippen molar-refractivity contribution >= 4 is 28.4 Å². The third-order valence-electron chi connectivity index (χ3n) is 4.18. The van der Waals surface area contributed by atoms with Crippen LogP contribution < -0.4 is 0 Å². The molecular formula is C16H19ClN2O. The molecule has 1 unspecified atom stereocenters. The van der Waals surface area contributed by atoms with Crippen LogP contribution in [-0.4, -0.2) is 28.9 Å². The molecule has 1 N–H and O–H groups in total. The first-order valence-electron chi connectivity index (χ1n) is 7.13. The molecule has 1 aliphatic heterocycles. The monoisotopic (exact) mass is 290 g/mol. The molecular weight excluding hydrogens is 272 g/mol. The number of fused-ring (bicyclic) bond motifs is 1. The molecule has 1 aliphatic rings. The Bertz CT molecular complexity index is 662. The largest absolute Gasteiger partial charge is 0.350 e. The summed E-state index contributed by atoms with van der Waals surface area (Å²) < 4.78 is 0. The number of hydrogen-bond acceptors (Lipinski definition) is 1. The maximum absolute atomic E-state index is 12.7. The van der Waals surface area contributed by atoms with Crippen LogP contribution in [0.5, 0.6) is 0 Å². The minimum absolute atomic E-state index is 0.112. The van der Waals surface area contributed by atoms with Crippen LogP contribution in [0, 0.1) is 12.8 Å². The third kappa shape index (κ3) is 2.31. The quantitative estimate of drug-likeness (QED) is 0.846. The second-order valence-corrected chi connectivity index (χ2v) is 6.25. The van der Waals surface area contributed by atoms with Crippen molar-refractivity contribution in [3.8, 4) is 0 Å². The molecule has 0 bridgehead atoms. The summed E-state index contributed by atoms with van der Waals surface area (Å²) in [4.78, 5) is 17.9. The number of aryl methyl sites for hydroxylation is 1. The third-order valence-corrected chi connectivity index (χ3v) is 4.41. The first kappa shape index (κ1) is 13.5. The zero-order valence-corrected chi connectivity index (χ0v) is 12.6. The van der Waals surface area contributed by atoms with Gasteiger partial charge in [-0.1, -0.05) is 24.6 Å². The summed E-state index contributed by atoms with van der Waals surface area (Å²) in [7, 11) is 0. The van der Waals surface area contributed by atoms with E-state index in [1.807, 2.05) is 30.0 Å². The number of piperidine rings is 1. The number of hydrogen-bond donors (Lipinski definition) is 1. The summed E-state index contributed by atoms with van der Waals surface area (Å²) >= 11 is 6.01. The van der Waals surface area contributed by atoms with Gasteiger partial charge in [0.1, 0.15) is 5.69 Å². The molecule has 1 fully saturated rings. The maximum Gasteiger partial charge on any atom is 0.270 e. The van der Waals surface area contributed by atoms with E-state index in [1.54, 1.807) is 0 Å². The maximum atomic E-state index is 12.7. The Morgan fingerprint density at radius 2 is 2.25 bits per heavy atom. The van der Waals surface area contributed by atoms with Crippen molar-refractivity contribution in [1.29, 1.82) is 0 Å². The predicted octanol–water partition coefficient (Wildman–Crippen LogP) is 4.00. The lowest BCUT2D eigenvalue weighted by molar-refractivity contribution is 0.0677. The number of nitrogens with zero attached hydrogens (tertiary/aromatic N) is 1. The van der Waals surface area contributed by atoms with Crippen molar-refractivity contribution in [2.24, 2.45) is 5.92 Å². The summed E-state index contributed by atoms with van der Waals surface area (Å²) in [5, 5.41) is 1.76. The Kier molecular flexibility index (Phi) is 3.47. The van der Waals surface area contributed by atoms with E-state index in [9.17, 15) is 4.79 Å². The number of rotatable bonds is 1. The molecule has 1 aromatic heterocycles. The lowest BCUT2D eigenvalue weighted by Crippen LogP contribution is -2.39. The first-order chi connectivity index (χ1) is 9.56. The minimum Gasteiger partial charge on any atom is -0.350 e. The Labute approximate surface area is 123 Å². The van der Waals surface area contributed by atoms with Gasteiger partial charge in [-0.05, 0) is 43.4 Å². The van der Waals surface area contributed by atoms with Gasteiger partial charge in [-0.15, -0.1) is 0 Å². The van der Waals surface area contributed by atoms with Crippen molar-refractivity contribution in [2.75, 3.05) is 13.1 Å². The molecule has 20 heavy (non-hydrogen) atoms. The highest BCUT2D eigenvalue weighted by molar-refractivity contribution is 6.31. The first-order valence-corrected chi connectivity index (χ1v) is 7.51. The number of aromatic amines is 1. The van der Waals surface area contributed by atoms with Crippen LogP contribution in [0.4, 0.5) is 0 Å². The average Bonchev–Trinajstić information content (AvgIpc) is 2.74. The van der Waals surface area contributed by atoms with Crippen LogP contribution in [-0.2, 0) is 0 Å². The Hall–Kier alpha value is -1.48. The summed E-state index contributed by atoms with van der Waals surface area (Å²) in [6, 6.07) is 5.71. The second kappa shape index (κ2) is 5.13. The lowest BCUT2D eigenvalue weighted by atomic mass is 10.00. The molecule has 0 spiro atoms. The highest BCUT2D eigenvalue weighted by Crippen LogP contribution is 2.26. The Balaban J connectivity index is 1.97. The van der Waals surface area contributed by atoms with Crippen LogP contribution in [0.3, 0.4) is 0 Å². The van der Waals surface area contributed by atoms with Gasteiger partial charge in [-0.2, -0.15) is 0 Å². The average molecular weight is 291 g/mol. The molecule has 0 radical (unpaired) electrons. The minimum atomic E-state index is 0.112. The number of carbonyl (C=O) groups excluding carboxylic acids is 1. The predicted molar refractivity (Wildman–Crippen MR) is 82.3 cm³/mol. The van der Waals surface area contributed by atoms with E-state index in [0.29, 0.717) is 16.6 Å². The normalized spacial score (nSPS) is 19.6. The van der Waals surface area contributed by atoms with Gasteiger partial charge < -0.3 is 9.88 Å². The van der Waals surface area contributed by atoms with Gasteiger partial charge in [0.15, 0.2) is 0 Å². The van der Waals surface area contributed by atoms with E-state index < -0.39 is 0 Å². The van der Waals surface area contributed by atoms with Crippen LogP contribution in [0.25, 0.3) is 10.9 Å². The molecule has 3 nitrogen and oxygen atoms in total. The zero-order valence-electron chi connectivity index (χ0n) is 11.9. The van der Waals surface area contributed by atoms with Crippen molar-refractivity contribution < 1.29 is 4.79 Å². The fourth-order valence-electron chi connectivity index (χ4n) is 3.06. The number of nitrogens with one attached hydrogen (secondary N) is 1. The van der Waals surface area contributed by atoms with Gasteiger partial charge in [0.2, 0.25) is 0 Å². The highest BCUT2D eigenvalue weighted by Gasteiger charge is 2.24. The van der Waals surface area contributed by atoms with Crippen LogP contribution >= 0.6 is 11.6 Å². The molecule has 2 aromatic rings. The van der Waals surface area contributed by atoms with E-state index >= 15 is 0 Å². The topological polar surface area (TPSA) is 36.1 Å². The van der Waals surface area contributed by atoms with Crippen LogP contribution in [0.15, 0.2) is 18.2 Å². The van der Waals surface area contributed by atoms with Gasteiger partial charge in [0.05, 0.1) is 0 Å². The number of H-pyrrole nitrogens is 1. The van der Waals surface area contributed by atoms with Crippen LogP contribution in [0.1, 0.15) is 35.8 Å². The molecule has 1 saturated heterocycles. The fraction of sp³-hybridized carbons (Fsp3) is 0.438. The summed E-state index contributed by atoms with van der Waals surface area (Å²) in [5.74, 6) is 0.702. The van der Waals surface area contributed by atoms with E-state index in [0.717, 1.165) is 36.0 Å². The molecule has 1 aromatic carbocycles. The lowest BCUT2D eigenvalue weighted by Gasteiger charge is -2.30. The summed E-state index contributed by atoms with van der Waals surface area (Å²) in [5.41, 5.74) is 2.65. The second-order valence-electron chi connectivity index (χ2n) is 5.81. The standard InChI is InChI=1S/C16H19ClN2O/c1-10-4-3-7-19(9-10)16(20)15-11(2)13-6-5-12(17)8-14(13)18-15/h5-6,8,10,18H,3-4,7,9H2,1-2H3. The summed E-state index contributed by atoms with van der Waals surface area (Å²) in [6.07, 6.45) is 2.31. The molecule has 0 aliphatic carbocycles. The number of carbonyl (C=O) groups is 1. The number of likely N-dealkylation sites (tertiary alicyclic amines) is 1. The molecule has 106 valence electrons. The van der Waals surface area contributed by atoms with Crippen molar-refractivity contribution in [3.63, 3.8) is 0 Å². The summed E-state index contributed by atoms with van der Waals surface area (Å²) in [6.45, 7) is 5.91. The van der Waals surface area contributed by atoms with Gasteiger partial charge in [-0.3, -0.25) is 4.79 Å². The van der Waals surface area contributed by atoms with Gasteiger partial charge in [0, 0.05) is 29.0 Å². The zero-order chi connectivity index (χ0) is 14.3. The van der Waals surface area contributed by atoms with Gasteiger partial charge >= 0.3 is 0 Å². The van der Waals surface area contributed by atoms with Crippen molar-refractivity contribution in [3.05, 3.63) is 34.5 Å². The smallest absolute Gasteiger partial charge is 0.270 e. The van der Waals surface area contributed by atoms with Gasteiger partial charge in [-0.25, -0.2) is 0 Å². The van der Waals surface area contributed by atoms with Crippen LogP contribution in [0.2, 0.25) is 5.02 Å². The van der Waals surface area contributed by atoms with E-state index in [-0.39, 0.29) is 5.91 Å². The Morgan fingerprint density at radius 1 is 1.45 bits per heavy atom. The van der Waals surface area contributed by atoms with E-state index in [4.69, 9.17) is 11.6 Å². The number of amides is 1. The van der Waals surface area contributed by atoms with Gasteiger partial charge in [0.25, 0.3) is 5.91 Å². The molecule has 2 heterocycles. The SMILES string of the molecule is Cc1c(C(=O)N2CCCC(C)C2)[nH]c2cc(Cl)ccc12.